The molecule has 1 saturated heterocycles. The predicted octanol–water partition coefficient (Wildman–Crippen LogP) is 1.16. The molecular formula is C15H24N4O. The molecule has 2 rings (SSSR count). The highest BCUT2D eigenvalue weighted by Crippen LogP contribution is 2.22. The minimum absolute atomic E-state index is 0.134. The molecule has 0 spiro atoms. The molecule has 0 aromatic heterocycles. The maximum Gasteiger partial charge on any atom is 0.253 e. The lowest BCUT2D eigenvalue weighted by Crippen LogP contribution is -2.48. The summed E-state index contributed by atoms with van der Waals surface area (Å²) in [5.74, 6) is -0.134. The quantitative estimate of drug-likeness (QED) is 0.813. The lowest BCUT2D eigenvalue weighted by atomic mass is 10.1. The van der Waals surface area contributed by atoms with Gasteiger partial charge in [-0.3, -0.25) is 9.69 Å². The fraction of sp³-hybridized carbons (Fsp3) is 0.533. The Balaban J connectivity index is 2.12. The van der Waals surface area contributed by atoms with Gasteiger partial charge in [-0.2, -0.15) is 0 Å². The Bertz CT molecular complexity index is 479. The van der Waals surface area contributed by atoms with Crippen molar-refractivity contribution in [1.82, 2.24) is 10.2 Å². The van der Waals surface area contributed by atoms with Crippen molar-refractivity contribution in [3.63, 3.8) is 0 Å². The summed E-state index contributed by atoms with van der Waals surface area (Å²) >= 11 is 0. The Kier molecular flexibility index (Phi) is 4.49. The highest BCUT2D eigenvalue weighted by Gasteiger charge is 2.20. The molecule has 1 aliphatic heterocycles. The summed E-state index contributed by atoms with van der Waals surface area (Å²) in [5.41, 5.74) is 8.01. The van der Waals surface area contributed by atoms with Crippen LogP contribution in [0.2, 0.25) is 0 Å². The van der Waals surface area contributed by atoms with E-state index in [0.717, 1.165) is 31.9 Å². The number of nitrogen functional groups attached to an aromatic ring is 1. The molecule has 0 unspecified atom stereocenters. The number of anilines is 2. The lowest BCUT2D eigenvalue weighted by Gasteiger charge is -2.38. The molecule has 1 aromatic rings. The molecule has 1 heterocycles. The second-order valence-electron chi connectivity index (χ2n) is 5.47. The summed E-state index contributed by atoms with van der Waals surface area (Å²) in [6.07, 6.45) is 0. The van der Waals surface area contributed by atoms with Gasteiger partial charge < -0.3 is 16.0 Å². The van der Waals surface area contributed by atoms with Crippen LogP contribution in [0.1, 0.15) is 24.2 Å². The fourth-order valence-electron chi connectivity index (χ4n) is 2.57. The van der Waals surface area contributed by atoms with Crippen LogP contribution in [-0.4, -0.2) is 50.1 Å². The Labute approximate surface area is 120 Å². The molecule has 0 bridgehead atoms. The molecule has 0 aliphatic carbocycles. The summed E-state index contributed by atoms with van der Waals surface area (Å²) in [4.78, 5) is 16.6. The van der Waals surface area contributed by atoms with Gasteiger partial charge in [0.25, 0.3) is 5.91 Å². The van der Waals surface area contributed by atoms with Crippen LogP contribution in [0, 0.1) is 0 Å². The Morgan fingerprint density at radius 2 is 1.90 bits per heavy atom. The number of amides is 1. The zero-order valence-corrected chi connectivity index (χ0v) is 12.5. The number of hydrogen-bond donors (Lipinski definition) is 2. The van der Waals surface area contributed by atoms with Crippen LogP contribution in [0.3, 0.4) is 0 Å². The van der Waals surface area contributed by atoms with Gasteiger partial charge in [0.05, 0.1) is 5.56 Å². The molecule has 0 atom stereocenters. The molecule has 5 heteroatoms. The third-order valence-electron chi connectivity index (χ3n) is 3.92. The normalized spacial score (nSPS) is 16.5. The molecule has 3 N–H and O–H groups in total. The monoisotopic (exact) mass is 276 g/mol. The van der Waals surface area contributed by atoms with Crippen molar-refractivity contribution in [3.05, 3.63) is 23.8 Å². The first kappa shape index (κ1) is 14.7. The van der Waals surface area contributed by atoms with Gasteiger partial charge in [-0.25, -0.2) is 0 Å². The van der Waals surface area contributed by atoms with Crippen molar-refractivity contribution in [1.29, 1.82) is 0 Å². The van der Waals surface area contributed by atoms with E-state index in [9.17, 15) is 4.79 Å². The van der Waals surface area contributed by atoms with E-state index in [1.54, 1.807) is 7.05 Å². The van der Waals surface area contributed by atoms with E-state index in [2.05, 4.69) is 29.0 Å². The third kappa shape index (κ3) is 3.04. The minimum atomic E-state index is -0.134. The van der Waals surface area contributed by atoms with Crippen molar-refractivity contribution in [2.45, 2.75) is 19.9 Å². The summed E-state index contributed by atoms with van der Waals surface area (Å²) < 4.78 is 0. The summed E-state index contributed by atoms with van der Waals surface area (Å²) in [7, 11) is 1.62. The molecule has 5 nitrogen and oxygen atoms in total. The van der Waals surface area contributed by atoms with Gasteiger partial charge in [0.2, 0.25) is 0 Å². The van der Waals surface area contributed by atoms with Gasteiger partial charge in [-0.15, -0.1) is 0 Å². The molecule has 0 radical (unpaired) electrons. The number of carbonyl (C=O) groups is 1. The lowest BCUT2D eigenvalue weighted by molar-refractivity contribution is 0.0964. The molecule has 1 aliphatic rings. The van der Waals surface area contributed by atoms with Crippen LogP contribution in [0.15, 0.2) is 18.2 Å². The average Bonchev–Trinajstić information content (AvgIpc) is 2.47. The maximum absolute atomic E-state index is 11.8. The van der Waals surface area contributed by atoms with Crippen molar-refractivity contribution >= 4 is 17.3 Å². The van der Waals surface area contributed by atoms with Crippen LogP contribution >= 0.6 is 0 Å². The second kappa shape index (κ2) is 6.13. The van der Waals surface area contributed by atoms with E-state index in [0.29, 0.717) is 17.3 Å². The van der Waals surface area contributed by atoms with E-state index in [1.165, 1.54) is 0 Å². The van der Waals surface area contributed by atoms with E-state index in [1.807, 2.05) is 18.2 Å². The van der Waals surface area contributed by atoms with E-state index < -0.39 is 0 Å². The van der Waals surface area contributed by atoms with Gasteiger partial charge >= 0.3 is 0 Å². The molecule has 110 valence electrons. The van der Waals surface area contributed by atoms with Crippen LogP contribution in [0.4, 0.5) is 11.4 Å². The first-order chi connectivity index (χ1) is 9.52. The predicted molar refractivity (Wildman–Crippen MR) is 83.2 cm³/mol. The van der Waals surface area contributed by atoms with Crippen LogP contribution in [0.5, 0.6) is 0 Å². The first-order valence-electron chi connectivity index (χ1n) is 7.13. The number of carbonyl (C=O) groups excluding carboxylic acids is 1. The van der Waals surface area contributed by atoms with E-state index in [-0.39, 0.29) is 5.91 Å². The number of nitrogens with zero attached hydrogens (tertiary/aromatic N) is 2. The van der Waals surface area contributed by atoms with Gasteiger partial charge in [0.15, 0.2) is 0 Å². The Morgan fingerprint density at radius 1 is 1.25 bits per heavy atom. The average molecular weight is 276 g/mol. The highest BCUT2D eigenvalue weighted by molar-refractivity contribution is 6.00. The first-order valence-corrected chi connectivity index (χ1v) is 7.13. The van der Waals surface area contributed by atoms with Gasteiger partial charge in [-0.05, 0) is 32.0 Å². The standard InChI is InChI=1S/C15H24N4O/c1-11(2)18-6-8-19(9-7-18)12-4-5-14(16)13(10-12)15(20)17-3/h4-5,10-11H,6-9,16H2,1-3H3,(H,17,20). The number of rotatable bonds is 3. The Morgan fingerprint density at radius 3 is 2.45 bits per heavy atom. The van der Waals surface area contributed by atoms with Crippen molar-refractivity contribution in [2.24, 2.45) is 0 Å². The number of nitrogens with two attached hydrogens (primary N) is 1. The SMILES string of the molecule is CNC(=O)c1cc(N2CCN(C(C)C)CC2)ccc1N. The Hall–Kier alpha value is -1.75. The fourth-order valence-corrected chi connectivity index (χ4v) is 2.57. The molecular weight excluding hydrogens is 252 g/mol. The van der Waals surface area contributed by atoms with Gasteiger partial charge in [0, 0.05) is 50.6 Å². The van der Waals surface area contributed by atoms with Crippen LogP contribution in [-0.2, 0) is 0 Å². The molecule has 1 fully saturated rings. The number of piperazine rings is 1. The third-order valence-corrected chi connectivity index (χ3v) is 3.92. The maximum atomic E-state index is 11.8. The molecule has 1 aromatic carbocycles. The zero-order chi connectivity index (χ0) is 14.7. The molecule has 0 saturated carbocycles. The van der Waals surface area contributed by atoms with Crippen LogP contribution < -0.4 is 16.0 Å². The molecule has 1 amide bonds. The molecule has 20 heavy (non-hydrogen) atoms. The summed E-state index contributed by atoms with van der Waals surface area (Å²) in [5, 5.41) is 2.63. The second-order valence-corrected chi connectivity index (χ2v) is 5.47. The topological polar surface area (TPSA) is 61.6 Å². The smallest absolute Gasteiger partial charge is 0.253 e. The largest absolute Gasteiger partial charge is 0.398 e. The minimum Gasteiger partial charge on any atom is -0.398 e. The van der Waals surface area contributed by atoms with E-state index >= 15 is 0 Å². The summed E-state index contributed by atoms with van der Waals surface area (Å²) in [6, 6.07) is 6.28. The van der Waals surface area contributed by atoms with Gasteiger partial charge in [0.1, 0.15) is 0 Å². The zero-order valence-electron chi connectivity index (χ0n) is 12.5. The number of nitrogens with one attached hydrogen (secondary N) is 1. The summed E-state index contributed by atoms with van der Waals surface area (Å²) in [6.45, 7) is 8.52. The van der Waals surface area contributed by atoms with Crippen molar-refractivity contribution in [3.8, 4) is 0 Å². The number of hydrogen-bond acceptors (Lipinski definition) is 4. The van der Waals surface area contributed by atoms with Crippen LogP contribution in [0.25, 0.3) is 0 Å². The number of benzene rings is 1. The van der Waals surface area contributed by atoms with Crippen molar-refractivity contribution < 1.29 is 4.79 Å². The van der Waals surface area contributed by atoms with Crippen molar-refractivity contribution in [2.75, 3.05) is 43.9 Å². The van der Waals surface area contributed by atoms with Gasteiger partial charge in [-0.1, -0.05) is 0 Å². The highest BCUT2D eigenvalue weighted by atomic mass is 16.1. The van der Waals surface area contributed by atoms with E-state index in [4.69, 9.17) is 5.73 Å².